The maximum absolute atomic E-state index is 12.0. The molecular formula is C15H25N3O. The molecule has 1 saturated heterocycles. The van der Waals surface area contributed by atoms with Crippen LogP contribution in [0.4, 0.5) is 0 Å². The smallest absolute Gasteiger partial charge is 0.267 e. The predicted molar refractivity (Wildman–Crippen MR) is 77.4 cm³/mol. The molecule has 1 aromatic rings. The van der Waals surface area contributed by atoms with Gasteiger partial charge in [0.1, 0.15) is 5.69 Å². The number of nitrogens with one attached hydrogen (secondary N) is 2. The standard InChI is InChI=1S/C15H25N3O/c1-4-12-7-8-14(17-12)15(19)16-10-13-6-5-9-18(13)11(2)3/h7-8,11,13,17H,4-6,9-10H2,1-3H3,(H,16,19)/t13-/m1/s1. The van der Waals surface area contributed by atoms with Gasteiger partial charge < -0.3 is 10.3 Å². The summed E-state index contributed by atoms with van der Waals surface area (Å²) in [5.74, 6) is 0.00954. The van der Waals surface area contributed by atoms with Gasteiger partial charge in [-0.25, -0.2) is 0 Å². The third kappa shape index (κ3) is 3.38. The second-order valence-corrected chi connectivity index (χ2v) is 5.59. The maximum atomic E-state index is 12.0. The summed E-state index contributed by atoms with van der Waals surface area (Å²) < 4.78 is 0. The van der Waals surface area contributed by atoms with Gasteiger partial charge in [0.2, 0.25) is 0 Å². The van der Waals surface area contributed by atoms with E-state index in [2.05, 4.69) is 36.0 Å². The Labute approximate surface area is 115 Å². The first-order valence-electron chi connectivity index (χ1n) is 7.33. The normalized spacial score (nSPS) is 20.1. The number of carbonyl (C=O) groups excluding carboxylic acids is 1. The number of carbonyl (C=O) groups is 1. The molecule has 4 heteroatoms. The lowest BCUT2D eigenvalue weighted by Gasteiger charge is -2.28. The summed E-state index contributed by atoms with van der Waals surface area (Å²) in [4.78, 5) is 17.7. The van der Waals surface area contributed by atoms with Gasteiger partial charge in [0.25, 0.3) is 5.91 Å². The number of likely N-dealkylation sites (tertiary alicyclic amines) is 1. The summed E-state index contributed by atoms with van der Waals surface area (Å²) in [5.41, 5.74) is 1.78. The van der Waals surface area contributed by atoms with Gasteiger partial charge in [-0.15, -0.1) is 0 Å². The van der Waals surface area contributed by atoms with Gasteiger partial charge in [0.05, 0.1) is 0 Å². The Hall–Kier alpha value is -1.29. The van der Waals surface area contributed by atoms with E-state index in [1.165, 1.54) is 12.8 Å². The van der Waals surface area contributed by atoms with Crippen LogP contribution < -0.4 is 5.32 Å². The van der Waals surface area contributed by atoms with Crippen molar-refractivity contribution >= 4 is 5.91 Å². The number of hydrogen-bond acceptors (Lipinski definition) is 2. The van der Waals surface area contributed by atoms with Crippen LogP contribution >= 0.6 is 0 Å². The van der Waals surface area contributed by atoms with Crippen molar-refractivity contribution in [2.45, 2.75) is 52.1 Å². The summed E-state index contributed by atoms with van der Waals surface area (Å²) in [6.07, 6.45) is 3.35. The van der Waals surface area contributed by atoms with Crippen molar-refractivity contribution in [1.29, 1.82) is 0 Å². The highest BCUT2D eigenvalue weighted by Gasteiger charge is 2.26. The van der Waals surface area contributed by atoms with Crippen LogP contribution in [0.3, 0.4) is 0 Å². The molecule has 106 valence electrons. The summed E-state index contributed by atoms with van der Waals surface area (Å²) >= 11 is 0. The fourth-order valence-electron chi connectivity index (χ4n) is 2.84. The second kappa shape index (κ2) is 6.24. The number of aromatic nitrogens is 1. The second-order valence-electron chi connectivity index (χ2n) is 5.59. The number of amides is 1. The van der Waals surface area contributed by atoms with Gasteiger partial charge in [0.15, 0.2) is 0 Å². The first-order chi connectivity index (χ1) is 9.11. The van der Waals surface area contributed by atoms with Crippen molar-refractivity contribution < 1.29 is 4.79 Å². The number of rotatable bonds is 5. The van der Waals surface area contributed by atoms with Crippen molar-refractivity contribution in [3.05, 3.63) is 23.5 Å². The fraction of sp³-hybridized carbons (Fsp3) is 0.667. The number of nitrogens with zero attached hydrogens (tertiary/aromatic N) is 1. The Morgan fingerprint density at radius 2 is 2.32 bits per heavy atom. The van der Waals surface area contributed by atoms with Crippen LogP contribution in [0.5, 0.6) is 0 Å². The molecule has 2 rings (SSSR count). The predicted octanol–water partition coefficient (Wildman–Crippen LogP) is 2.18. The van der Waals surface area contributed by atoms with E-state index < -0.39 is 0 Å². The monoisotopic (exact) mass is 263 g/mol. The number of aromatic amines is 1. The highest BCUT2D eigenvalue weighted by atomic mass is 16.1. The fourth-order valence-corrected chi connectivity index (χ4v) is 2.84. The molecule has 0 saturated carbocycles. The quantitative estimate of drug-likeness (QED) is 0.855. The molecule has 0 bridgehead atoms. The molecule has 4 nitrogen and oxygen atoms in total. The summed E-state index contributed by atoms with van der Waals surface area (Å²) in [7, 11) is 0. The number of aryl methyl sites for hydroxylation is 1. The molecule has 1 aliphatic heterocycles. The summed E-state index contributed by atoms with van der Waals surface area (Å²) in [5, 5.41) is 3.05. The van der Waals surface area contributed by atoms with Crippen LogP contribution in [-0.2, 0) is 6.42 Å². The highest BCUT2D eigenvalue weighted by molar-refractivity contribution is 5.92. The van der Waals surface area contributed by atoms with Crippen molar-refractivity contribution in [2.75, 3.05) is 13.1 Å². The maximum Gasteiger partial charge on any atom is 0.267 e. The molecule has 0 radical (unpaired) electrons. The molecule has 1 aliphatic rings. The zero-order chi connectivity index (χ0) is 13.8. The molecule has 1 atom stereocenters. The molecule has 0 aliphatic carbocycles. The minimum absolute atomic E-state index is 0.00954. The Kier molecular flexibility index (Phi) is 4.64. The number of hydrogen-bond donors (Lipinski definition) is 2. The lowest BCUT2D eigenvalue weighted by molar-refractivity contribution is 0.0931. The lowest BCUT2D eigenvalue weighted by atomic mass is 10.2. The molecule has 0 spiro atoms. The van der Waals surface area contributed by atoms with Gasteiger partial charge in [-0.1, -0.05) is 6.92 Å². The Bertz CT molecular complexity index is 425. The van der Waals surface area contributed by atoms with E-state index >= 15 is 0 Å². The van der Waals surface area contributed by atoms with Gasteiger partial charge >= 0.3 is 0 Å². The highest BCUT2D eigenvalue weighted by Crippen LogP contribution is 2.19. The van der Waals surface area contributed by atoms with E-state index in [1.54, 1.807) is 0 Å². The van der Waals surface area contributed by atoms with Crippen LogP contribution in [0.25, 0.3) is 0 Å². The molecule has 0 unspecified atom stereocenters. The molecule has 19 heavy (non-hydrogen) atoms. The minimum atomic E-state index is 0.00954. The Morgan fingerprint density at radius 3 is 2.95 bits per heavy atom. The average Bonchev–Trinajstić information content (AvgIpc) is 3.04. The first-order valence-corrected chi connectivity index (χ1v) is 7.33. The van der Waals surface area contributed by atoms with Gasteiger partial charge in [0, 0.05) is 24.3 Å². The molecule has 1 fully saturated rings. The molecule has 0 aromatic carbocycles. The third-order valence-electron chi connectivity index (χ3n) is 3.96. The SMILES string of the molecule is CCc1ccc(C(=O)NC[C@H]2CCCN2C(C)C)[nH]1. The first kappa shape index (κ1) is 14.1. The van der Waals surface area contributed by atoms with E-state index in [-0.39, 0.29) is 5.91 Å². The largest absolute Gasteiger partial charge is 0.354 e. The van der Waals surface area contributed by atoms with Gasteiger partial charge in [-0.3, -0.25) is 9.69 Å². The molecule has 2 N–H and O–H groups in total. The summed E-state index contributed by atoms with van der Waals surface area (Å²) in [6, 6.07) is 4.89. The average molecular weight is 263 g/mol. The van der Waals surface area contributed by atoms with Crippen molar-refractivity contribution in [1.82, 2.24) is 15.2 Å². The molecule has 1 aromatic heterocycles. The minimum Gasteiger partial charge on any atom is -0.354 e. The van der Waals surface area contributed by atoms with Crippen LogP contribution in [0.1, 0.15) is 49.8 Å². The van der Waals surface area contributed by atoms with E-state index in [0.29, 0.717) is 17.8 Å². The lowest BCUT2D eigenvalue weighted by Crippen LogP contribution is -2.43. The number of H-pyrrole nitrogens is 1. The Balaban J connectivity index is 1.86. The van der Waals surface area contributed by atoms with E-state index in [9.17, 15) is 4.79 Å². The zero-order valence-corrected chi connectivity index (χ0v) is 12.2. The van der Waals surface area contributed by atoms with E-state index in [0.717, 1.165) is 25.2 Å². The molecule has 2 heterocycles. The third-order valence-corrected chi connectivity index (χ3v) is 3.96. The van der Waals surface area contributed by atoms with Crippen LogP contribution in [0.15, 0.2) is 12.1 Å². The van der Waals surface area contributed by atoms with Gasteiger partial charge in [-0.05, 0) is 51.8 Å². The van der Waals surface area contributed by atoms with Crippen molar-refractivity contribution in [3.8, 4) is 0 Å². The molecular weight excluding hydrogens is 238 g/mol. The topological polar surface area (TPSA) is 48.1 Å². The summed E-state index contributed by atoms with van der Waals surface area (Å²) in [6.45, 7) is 8.42. The van der Waals surface area contributed by atoms with E-state index in [4.69, 9.17) is 0 Å². The van der Waals surface area contributed by atoms with Crippen LogP contribution in [0, 0.1) is 0 Å². The molecule has 1 amide bonds. The van der Waals surface area contributed by atoms with Crippen LogP contribution in [0.2, 0.25) is 0 Å². The zero-order valence-electron chi connectivity index (χ0n) is 12.2. The van der Waals surface area contributed by atoms with Gasteiger partial charge in [-0.2, -0.15) is 0 Å². The van der Waals surface area contributed by atoms with Crippen LogP contribution in [-0.4, -0.2) is 41.0 Å². The Morgan fingerprint density at radius 1 is 1.53 bits per heavy atom. The van der Waals surface area contributed by atoms with Crippen molar-refractivity contribution in [2.24, 2.45) is 0 Å². The van der Waals surface area contributed by atoms with Crippen molar-refractivity contribution in [3.63, 3.8) is 0 Å². The van der Waals surface area contributed by atoms with E-state index in [1.807, 2.05) is 12.1 Å².